The predicted molar refractivity (Wildman–Crippen MR) is 83.7 cm³/mol. The molecule has 0 spiro atoms. The van der Waals surface area contributed by atoms with Gasteiger partial charge in [0.1, 0.15) is 17.3 Å². The van der Waals surface area contributed by atoms with Gasteiger partial charge in [0.15, 0.2) is 0 Å². The Hall–Kier alpha value is -1.69. The molecule has 21 heavy (non-hydrogen) atoms. The van der Waals surface area contributed by atoms with Gasteiger partial charge in [0, 0.05) is 38.8 Å². The van der Waals surface area contributed by atoms with E-state index in [1.807, 2.05) is 6.92 Å². The summed E-state index contributed by atoms with van der Waals surface area (Å²) in [5, 5.41) is 2.91. The van der Waals surface area contributed by atoms with Crippen molar-refractivity contribution < 1.29 is 4.79 Å². The second-order valence-corrected chi connectivity index (χ2v) is 5.56. The van der Waals surface area contributed by atoms with Crippen LogP contribution in [0, 0.1) is 6.92 Å². The highest BCUT2D eigenvalue weighted by Gasteiger charge is 2.18. The second kappa shape index (κ2) is 7.36. The van der Waals surface area contributed by atoms with E-state index in [0.717, 1.165) is 44.8 Å². The van der Waals surface area contributed by atoms with Crippen LogP contribution in [0.5, 0.6) is 0 Å². The van der Waals surface area contributed by atoms with Gasteiger partial charge in [-0.25, -0.2) is 9.97 Å². The first-order valence-corrected chi connectivity index (χ1v) is 7.67. The van der Waals surface area contributed by atoms with Crippen LogP contribution in [0.15, 0.2) is 6.07 Å². The van der Waals surface area contributed by atoms with E-state index in [1.54, 1.807) is 6.07 Å². The Kier molecular flexibility index (Phi) is 5.50. The van der Waals surface area contributed by atoms with Crippen molar-refractivity contribution in [2.75, 3.05) is 44.7 Å². The number of carbonyl (C=O) groups is 1. The second-order valence-electron chi connectivity index (χ2n) is 5.56. The van der Waals surface area contributed by atoms with Gasteiger partial charge >= 0.3 is 0 Å². The Morgan fingerprint density at radius 2 is 2.00 bits per heavy atom. The lowest BCUT2D eigenvalue weighted by Crippen LogP contribution is -2.45. The van der Waals surface area contributed by atoms with Crippen molar-refractivity contribution in [3.8, 4) is 0 Å². The fourth-order valence-corrected chi connectivity index (χ4v) is 2.34. The number of hydrogen-bond acceptors (Lipinski definition) is 5. The third kappa shape index (κ3) is 4.39. The van der Waals surface area contributed by atoms with E-state index in [9.17, 15) is 4.79 Å². The number of rotatable bonds is 5. The molecule has 1 N–H and O–H groups in total. The van der Waals surface area contributed by atoms with E-state index in [2.05, 4.69) is 39.1 Å². The highest BCUT2D eigenvalue weighted by Crippen LogP contribution is 2.15. The van der Waals surface area contributed by atoms with E-state index in [1.165, 1.54) is 0 Å². The third-order valence-corrected chi connectivity index (χ3v) is 3.70. The topological polar surface area (TPSA) is 61.4 Å². The van der Waals surface area contributed by atoms with Crippen molar-refractivity contribution >= 4 is 11.7 Å². The highest BCUT2D eigenvalue weighted by atomic mass is 16.1. The Balaban J connectivity index is 2.08. The van der Waals surface area contributed by atoms with Crippen molar-refractivity contribution in [2.45, 2.75) is 26.7 Å². The summed E-state index contributed by atoms with van der Waals surface area (Å²) in [5.41, 5.74) is 0.465. The molecule has 2 heterocycles. The van der Waals surface area contributed by atoms with Crippen LogP contribution in [0.3, 0.4) is 0 Å². The molecular weight excluding hydrogens is 266 g/mol. The smallest absolute Gasteiger partial charge is 0.270 e. The van der Waals surface area contributed by atoms with Crippen LogP contribution in [0.25, 0.3) is 0 Å². The van der Waals surface area contributed by atoms with Crippen molar-refractivity contribution in [3.63, 3.8) is 0 Å². The van der Waals surface area contributed by atoms with Gasteiger partial charge in [-0.15, -0.1) is 0 Å². The molecule has 0 bridgehead atoms. The van der Waals surface area contributed by atoms with Gasteiger partial charge in [0.2, 0.25) is 0 Å². The number of piperazine rings is 1. The molecule has 1 aromatic rings. The number of likely N-dealkylation sites (N-methyl/N-ethyl adjacent to an activating group) is 1. The fraction of sp³-hybridized carbons (Fsp3) is 0.667. The molecule has 0 atom stereocenters. The maximum Gasteiger partial charge on any atom is 0.270 e. The molecule has 116 valence electrons. The molecule has 1 aliphatic heterocycles. The van der Waals surface area contributed by atoms with Gasteiger partial charge < -0.3 is 15.1 Å². The summed E-state index contributed by atoms with van der Waals surface area (Å²) < 4.78 is 0. The quantitative estimate of drug-likeness (QED) is 0.822. The first kappa shape index (κ1) is 15.7. The molecule has 0 unspecified atom stereocenters. The minimum atomic E-state index is -0.107. The summed E-state index contributed by atoms with van der Waals surface area (Å²) in [6.07, 6.45) is 2.05. The van der Waals surface area contributed by atoms with E-state index in [4.69, 9.17) is 0 Å². The maximum atomic E-state index is 12.1. The number of amides is 1. The molecule has 1 saturated heterocycles. The predicted octanol–water partition coefficient (Wildman–Crippen LogP) is 1.07. The monoisotopic (exact) mass is 291 g/mol. The molecule has 1 aliphatic rings. The lowest BCUT2D eigenvalue weighted by molar-refractivity contribution is 0.0947. The van der Waals surface area contributed by atoms with Gasteiger partial charge in [0.25, 0.3) is 5.91 Å². The number of hydrogen-bond donors (Lipinski definition) is 1. The number of carbonyl (C=O) groups excluding carboxylic acids is 1. The van der Waals surface area contributed by atoms with Crippen LogP contribution in [-0.4, -0.2) is 60.5 Å². The van der Waals surface area contributed by atoms with Crippen LogP contribution < -0.4 is 10.2 Å². The largest absolute Gasteiger partial charge is 0.354 e. The van der Waals surface area contributed by atoms with Crippen LogP contribution >= 0.6 is 0 Å². The SMILES string of the molecule is CCCCNC(=O)c1cc(N2CCN(C)CC2)nc(C)n1. The molecule has 0 saturated carbocycles. The van der Waals surface area contributed by atoms with E-state index >= 15 is 0 Å². The average Bonchev–Trinajstić information content (AvgIpc) is 2.47. The van der Waals surface area contributed by atoms with Crippen molar-refractivity contribution in [1.29, 1.82) is 0 Å². The molecule has 1 amide bonds. The first-order valence-electron chi connectivity index (χ1n) is 7.67. The van der Waals surface area contributed by atoms with Crippen LogP contribution in [0.2, 0.25) is 0 Å². The number of anilines is 1. The van der Waals surface area contributed by atoms with Crippen LogP contribution in [-0.2, 0) is 0 Å². The van der Waals surface area contributed by atoms with Crippen LogP contribution in [0.1, 0.15) is 36.1 Å². The summed E-state index contributed by atoms with van der Waals surface area (Å²) in [7, 11) is 2.12. The number of nitrogens with zero attached hydrogens (tertiary/aromatic N) is 4. The summed E-state index contributed by atoms with van der Waals surface area (Å²) in [5.74, 6) is 1.40. The lowest BCUT2D eigenvalue weighted by atomic mass is 10.3. The van der Waals surface area contributed by atoms with Crippen molar-refractivity contribution in [2.24, 2.45) is 0 Å². The fourth-order valence-electron chi connectivity index (χ4n) is 2.34. The number of aromatic nitrogens is 2. The minimum Gasteiger partial charge on any atom is -0.354 e. The Bertz CT molecular complexity index is 483. The molecular formula is C15H25N5O. The normalized spacial score (nSPS) is 16.0. The molecule has 1 aromatic heterocycles. The zero-order valence-electron chi connectivity index (χ0n) is 13.2. The Morgan fingerprint density at radius 3 is 2.67 bits per heavy atom. The van der Waals surface area contributed by atoms with Gasteiger partial charge in [-0.3, -0.25) is 4.79 Å². The number of unbranched alkanes of at least 4 members (excludes halogenated alkanes) is 1. The van der Waals surface area contributed by atoms with Crippen molar-refractivity contribution in [1.82, 2.24) is 20.2 Å². The van der Waals surface area contributed by atoms with Gasteiger partial charge in [-0.05, 0) is 20.4 Å². The summed E-state index contributed by atoms with van der Waals surface area (Å²) in [6, 6.07) is 1.81. The number of aryl methyl sites for hydroxylation is 1. The standard InChI is InChI=1S/C15H25N5O/c1-4-5-6-16-15(21)13-11-14(18-12(2)17-13)20-9-7-19(3)8-10-20/h11H,4-10H2,1-3H3,(H,16,21). The zero-order chi connectivity index (χ0) is 15.2. The first-order chi connectivity index (χ1) is 10.1. The Morgan fingerprint density at radius 1 is 1.29 bits per heavy atom. The van der Waals surface area contributed by atoms with Crippen molar-refractivity contribution in [3.05, 3.63) is 17.6 Å². The minimum absolute atomic E-state index is 0.107. The molecule has 6 nitrogen and oxygen atoms in total. The van der Waals surface area contributed by atoms with Crippen LogP contribution in [0.4, 0.5) is 5.82 Å². The third-order valence-electron chi connectivity index (χ3n) is 3.70. The molecule has 6 heteroatoms. The van der Waals surface area contributed by atoms with E-state index in [-0.39, 0.29) is 5.91 Å². The summed E-state index contributed by atoms with van der Waals surface area (Å²) in [6.45, 7) is 8.53. The maximum absolute atomic E-state index is 12.1. The summed E-state index contributed by atoms with van der Waals surface area (Å²) >= 11 is 0. The van der Waals surface area contributed by atoms with E-state index in [0.29, 0.717) is 18.1 Å². The molecule has 2 rings (SSSR count). The van der Waals surface area contributed by atoms with E-state index < -0.39 is 0 Å². The van der Waals surface area contributed by atoms with Gasteiger partial charge in [-0.2, -0.15) is 0 Å². The molecule has 0 aromatic carbocycles. The highest BCUT2D eigenvalue weighted by molar-refractivity contribution is 5.92. The average molecular weight is 291 g/mol. The molecule has 1 fully saturated rings. The zero-order valence-corrected chi connectivity index (χ0v) is 13.2. The lowest BCUT2D eigenvalue weighted by Gasteiger charge is -2.33. The molecule has 0 aliphatic carbocycles. The van der Waals surface area contributed by atoms with Gasteiger partial charge in [0.05, 0.1) is 0 Å². The summed E-state index contributed by atoms with van der Waals surface area (Å²) in [4.78, 5) is 25.4. The Labute approximate surface area is 126 Å². The number of nitrogens with one attached hydrogen (secondary N) is 1. The van der Waals surface area contributed by atoms with Gasteiger partial charge in [-0.1, -0.05) is 13.3 Å². The molecule has 0 radical (unpaired) electrons.